The largest absolute Gasteiger partial charge is 0.457 e. The molecule has 0 radical (unpaired) electrons. The van der Waals surface area contributed by atoms with Crippen LogP contribution in [0.15, 0.2) is 120 Å². The highest BCUT2D eigenvalue weighted by atomic mass is 32.2. The molecule has 0 heterocycles. The van der Waals surface area contributed by atoms with Crippen molar-refractivity contribution in [2.75, 3.05) is 12.4 Å². The van der Waals surface area contributed by atoms with Crippen LogP contribution in [0.1, 0.15) is 22.3 Å². The number of carbonyl (C=O) groups is 1. The normalized spacial score (nSPS) is 12.2. The zero-order chi connectivity index (χ0) is 27.2. The minimum absolute atomic E-state index is 0.153. The maximum Gasteiger partial charge on any atom is 0.380 e. The smallest absolute Gasteiger partial charge is 0.380 e. The van der Waals surface area contributed by atoms with Gasteiger partial charge in [0.1, 0.15) is 0 Å². The molecule has 0 aliphatic rings. The molecule has 8 heteroatoms. The van der Waals surface area contributed by atoms with Gasteiger partial charge in [0.25, 0.3) is 0 Å². The zero-order valence-electron chi connectivity index (χ0n) is 20.6. The zero-order valence-corrected chi connectivity index (χ0v) is 22.2. The van der Waals surface area contributed by atoms with Crippen LogP contribution in [0.5, 0.6) is 0 Å². The van der Waals surface area contributed by atoms with Crippen molar-refractivity contribution in [1.82, 2.24) is 0 Å². The van der Waals surface area contributed by atoms with Gasteiger partial charge in [0.2, 0.25) is 9.84 Å². The van der Waals surface area contributed by atoms with E-state index in [0.29, 0.717) is 0 Å². The Morgan fingerprint density at radius 3 is 1.68 bits per heavy atom. The predicted octanol–water partition coefficient (Wildman–Crippen LogP) is 6.63. The van der Waals surface area contributed by atoms with Gasteiger partial charge in [-0.05, 0) is 35.7 Å². The van der Waals surface area contributed by atoms with Gasteiger partial charge in [-0.25, -0.2) is 8.42 Å². The van der Waals surface area contributed by atoms with Gasteiger partial charge in [-0.3, -0.25) is 4.79 Å². The quantitative estimate of drug-likeness (QED) is 0.126. The molecule has 196 valence electrons. The second-order valence-electron chi connectivity index (χ2n) is 8.68. The third kappa shape index (κ3) is 5.37. The second kappa shape index (κ2) is 11.5. The number of esters is 1. The number of hydrogen-bond donors (Lipinski definition) is 0. The summed E-state index contributed by atoms with van der Waals surface area (Å²) in [6, 6.07) is 31.3. The van der Waals surface area contributed by atoms with E-state index in [9.17, 15) is 13.2 Å². The summed E-state index contributed by atoms with van der Waals surface area (Å²) in [6.45, 7) is 0.225. The van der Waals surface area contributed by atoms with E-state index in [2.05, 4.69) is 0 Å². The van der Waals surface area contributed by atoms with Crippen LogP contribution in [-0.4, -0.2) is 32.0 Å². The van der Waals surface area contributed by atoms with Gasteiger partial charge >= 0.3 is 11.2 Å². The fourth-order valence-corrected chi connectivity index (χ4v) is 6.98. The monoisotopic (exact) mass is 552 g/mol. The molecule has 0 fully saturated rings. The number of ether oxygens (including phenoxy) is 1. The highest BCUT2D eigenvalue weighted by Crippen LogP contribution is 2.49. The predicted molar refractivity (Wildman–Crippen MR) is 146 cm³/mol. The molecule has 0 N–H and O–H groups in total. The number of thioether (sulfide) groups is 1. The summed E-state index contributed by atoms with van der Waals surface area (Å²) >= 11 is 1.12. The Morgan fingerprint density at radius 2 is 1.18 bits per heavy atom. The standard InChI is InChI=1S/C30H26F2O4S2/c1-23-17-19-26(20-18-23)30(24-11-5-2-6-12-24,25-13-7-3-8-14-25)38(34,35)29(31,32)22-36-28(33)21-37-27-15-9-4-10-16-27/h2-20H,21-22H2,1H3. The van der Waals surface area contributed by atoms with Crippen molar-refractivity contribution in [3.63, 3.8) is 0 Å². The molecule has 0 atom stereocenters. The molecular weight excluding hydrogens is 526 g/mol. The molecule has 0 aromatic heterocycles. The highest BCUT2D eigenvalue weighted by molar-refractivity contribution is 8.00. The molecule has 38 heavy (non-hydrogen) atoms. The van der Waals surface area contributed by atoms with Gasteiger partial charge in [0.15, 0.2) is 11.4 Å². The Labute approximate surface area is 225 Å². The van der Waals surface area contributed by atoms with Gasteiger partial charge in [0, 0.05) is 4.90 Å². The van der Waals surface area contributed by atoms with Gasteiger partial charge in [-0.15, -0.1) is 11.8 Å². The lowest BCUT2D eigenvalue weighted by Gasteiger charge is -2.37. The summed E-state index contributed by atoms with van der Waals surface area (Å²) in [5, 5.41) is -4.41. The number of halogens is 2. The molecule has 0 aliphatic carbocycles. The van der Waals surface area contributed by atoms with Crippen molar-refractivity contribution in [2.24, 2.45) is 0 Å². The molecule has 4 aromatic carbocycles. The van der Waals surface area contributed by atoms with E-state index in [1.807, 2.05) is 13.0 Å². The van der Waals surface area contributed by atoms with Gasteiger partial charge in [0.05, 0.1) is 5.75 Å². The number of benzene rings is 4. The fraction of sp³-hybridized carbons (Fsp3) is 0.167. The number of sulfone groups is 1. The average molecular weight is 553 g/mol. The average Bonchev–Trinajstić information content (AvgIpc) is 2.94. The number of rotatable bonds is 10. The molecule has 4 rings (SSSR count). The van der Waals surface area contributed by atoms with Gasteiger partial charge in [-0.2, -0.15) is 8.78 Å². The van der Waals surface area contributed by atoms with Crippen LogP contribution in [0.4, 0.5) is 8.78 Å². The van der Waals surface area contributed by atoms with Crippen LogP contribution in [0.2, 0.25) is 0 Å². The summed E-state index contributed by atoms with van der Waals surface area (Å²) in [7, 11) is -5.41. The first kappa shape index (κ1) is 27.5. The first-order valence-electron chi connectivity index (χ1n) is 11.8. The molecule has 4 nitrogen and oxygen atoms in total. The van der Waals surface area contributed by atoms with Crippen LogP contribution in [0, 0.1) is 6.92 Å². The lowest BCUT2D eigenvalue weighted by Crippen LogP contribution is -2.50. The van der Waals surface area contributed by atoms with Crippen molar-refractivity contribution >= 4 is 27.6 Å². The summed E-state index contributed by atoms with van der Waals surface area (Å²) in [6.07, 6.45) is 0. The summed E-state index contributed by atoms with van der Waals surface area (Å²) in [5.74, 6) is -1.17. The van der Waals surface area contributed by atoms with Crippen molar-refractivity contribution in [3.8, 4) is 0 Å². The molecule has 0 saturated carbocycles. The number of alkyl halides is 2. The Kier molecular flexibility index (Phi) is 8.33. The minimum atomic E-state index is -5.41. The molecule has 0 amide bonds. The third-order valence-corrected chi connectivity index (χ3v) is 9.52. The van der Waals surface area contributed by atoms with Crippen LogP contribution >= 0.6 is 11.8 Å². The lowest BCUT2D eigenvalue weighted by atomic mass is 9.84. The van der Waals surface area contributed by atoms with Crippen molar-refractivity contribution < 1.29 is 26.7 Å². The van der Waals surface area contributed by atoms with E-state index in [1.54, 1.807) is 84.9 Å². The van der Waals surface area contributed by atoms with Crippen molar-refractivity contribution in [3.05, 3.63) is 138 Å². The first-order chi connectivity index (χ1) is 18.2. The SMILES string of the molecule is Cc1ccc(C(c2ccccc2)(c2ccccc2)S(=O)(=O)C(F)(F)COC(=O)CSc2ccccc2)cc1. The molecule has 0 saturated heterocycles. The van der Waals surface area contributed by atoms with E-state index in [1.165, 1.54) is 24.3 Å². The summed E-state index contributed by atoms with van der Waals surface area (Å²) in [4.78, 5) is 13.1. The number of hydrogen-bond acceptors (Lipinski definition) is 5. The Morgan fingerprint density at radius 1 is 0.737 bits per heavy atom. The number of aryl methyl sites for hydroxylation is 1. The van der Waals surface area contributed by atoms with Crippen molar-refractivity contribution in [1.29, 1.82) is 0 Å². The molecular formula is C30H26F2O4S2. The molecule has 0 unspecified atom stereocenters. The minimum Gasteiger partial charge on any atom is -0.457 e. The van der Waals surface area contributed by atoms with Crippen LogP contribution in [-0.2, 0) is 24.1 Å². The Balaban J connectivity index is 1.76. The maximum atomic E-state index is 15.9. The van der Waals surface area contributed by atoms with Crippen LogP contribution < -0.4 is 0 Å². The van der Waals surface area contributed by atoms with E-state index >= 15 is 8.78 Å². The van der Waals surface area contributed by atoms with E-state index in [4.69, 9.17) is 4.74 Å². The lowest BCUT2D eigenvalue weighted by molar-refractivity contribution is -0.146. The molecule has 0 spiro atoms. The number of carbonyl (C=O) groups excluding carboxylic acids is 1. The Bertz CT molecular complexity index is 1420. The van der Waals surface area contributed by atoms with Gasteiger partial charge < -0.3 is 4.74 Å². The van der Waals surface area contributed by atoms with E-state index in [-0.39, 0.29) is 22.4 Å². The van der Waals surface area contributed by atoms with Gasteiger partial charge in [-0.1, -0.05) is 109 Å². The molecule has 0 aliphatic heterocycles. The summed E-state index contributed by atoms with van der Waals surface area (Å²) in [5.41, 5.74) is 1.31. The van der Waals surface area contributed by atoms with E-state index < -0.39 is 32.4 Å². The molecule has 4 aromatic rings. The highest BCUT2D eigenvalue weighted by Gasteiger charge is 2.61. The fourth-order valence-electron chi connectivity index (χ4n) is 4.27. The van der Waals surface area contributed by atoms with Crippen LogP contribution in [0.25, 0.3) is 0 Å². The summed E-state index contributed by atoms with van der Waals surface area (Å²) < 4.78 is 62.8. The Hall–Kier alpha value is -3.49. The third-order valence-electron chi connectivity index (χ3n) is 6.12. The second-order valence-corrected chi connectivity index (χ2v) is 11.9. The van der Waals surface area contributed by atoms with Crippen molar-refractivity contribution in [2.45, 2.75) is 21.8 Å². The molecule has 0 bridgehead atoms. The topological polar surface area (TPSA) is 60.4 Å². The van der Waals surface area contributed by atoms with E-state index in [0.717, 1.165) is 22.2 Å². The first-order valence-corrected chi connectivity index (χ1v) is 14.3. The maximum absolute atomic E-state index is 15.9. The van der Waals surface area contributed by atoms with Crippen LogP contribution in [0.3, 0.4) is 0 Å².